The monoisotopic (exact) mass is 489 g/mol. The molecule has 0 saturated carbocycles. The molecule has 1 aliphatic heterocycles. The number of anilines is 2. The summed E-state index contributed by atoms with van der Waals surface area (Å²) in [4.78, 5) is 31.9. The zero-order valence-electron chi connectivity index (χ0n) is 18.2. The van der Waals surface area contributed by atoms with Gasteiger partial charge in [-0.15, -0.1) is 11.3 Å². The van der Waals surface area contributed by atoms with Crippen molar-refractivity contribution in [2.45, 2.75) is 13.0 Å². The SMILES string of the molecule is CC1Oc2ccc(-c3csc(-c4ccccc4)n3)cc2N(CC(=O)Nc2ccc(Cl)cc2)C1=O. The van der Waals surface area contributed by atoms with Crippen molar-refractivity contribution in [3.05, 3.63) is 83.2 Å². The third-order valence-corrected chi connectivity index (χ3v) is 6.56. The Morgan fingerprint density at radius 2 is 1.85 bits per heavy atom. The number of hydrogen-bond donors (Lipinski definition) is 1. The molecule has 2 heterocycles. The molecule has 1 unspecified atom stereocenters. The minimum absolute atomic E-state index is 0.141. The van der Waals surface area contributed by atoms with Gasteiger partial charge >= 0.3 is 0 Å². The topological polar surface area (TPSA) is 71.5 Å². The fourth-order valence-electron chi connectivity index (χ4n) is 3.73. The summed E-state index contributed by atoms with van der Waals surface area (Å²) in [6, 6.07) is 22.3. The maximum Gasteiger partial charge on any atom is 0.268 e. The molecule has 0 spiro atoms. The molecular formula is C26H20ClN3O3S. The lowest BCUT2D eigenvalue weighted by atomic mass is 10.1. The fourth-order valence-corrected chi connectivity index (χ4v) is 4.69. The van der Waals surface area contributed by atoms with Gasteiger partial charge in [0.2, 0.25) is 5.91 Å². The highest BCUT2D eigenvalue weighted by Gasteiger charge is 2.33. The van der Waals surface area contributed by atoms with Crippen LogP contribution in [0.25, 0.3) is 21.8 Å². The summed E-state index contributed by atoms with van der Waals surface area (Å²) in [6.45, 7) is 1.54. The van der Waals surface area contributed by atoms with E-state index >= 15 is 0 Å². The molecule has 34 heavy (non-hydrogen) atoms. The average Bonchev–Trinajstić information content (AvgIpc) is 3.34. The first-order chi connectivity index (χ1) is 16.5. The number of halogens is 1. The number of thiazole rings is 1. The van der Waals surface area contributed by atoms with Crippen LogP contribution in [-0.2, 0) is 9.59 Å². The van der Waals surface area contributed by atoms with E-state index < -0.39 is 6.10 Å². The summed E-state index contributed by atoms with van der Waals surface area (Å²) in [6.07, 6.45) is -0.689. The van der Waals surface area contributed by atoms with E-state index in [1.54, 1.807) is 42.5 Å². The van der Waals surface area contributed by atoms with Crippen LogP contribution in [-0.4, -0.2) is 29.4 Å². The van der Waals surface area contributed by atoms with Gasteiger partial charge in [0.1, 0.15) is 17.3 Å². The number of amides is 2. The maximum absolute atomic E-state index is 12.9. The maximum atomic E-state index is 12.9. The molecule has 170 valence electrons. The minimum Gasteiger partial charge on any atom is -0.479 e. The number of nitrogens with one attached hydrogen (secondary N) is 1. The van der Waals surface area contributed by atoms with E-state index in [1.807, 2.05) is 53.9 Å². The van der Waals surface area contributed by atoms with E-state index in [4.69, 9.17) is 21.3 Å². The van der Waals surface area contributed by atoms with Gasteiger partial charge < -0.3 is 10.1 Å². The molecule has 0 aliphatic carbocycles. The van der Waals surface area contributed by atoms with Crippen LogP contribution >= 0.6 is 22.9 Å². The summed E-state index contributed by atoms with van der Waals surface area (Å²) in [5, 5.41) is 6.28. The molecule has 0 bridgehead atoms. The van der Waals surface area contributed by atoms with Crippen molar-refractivity contribution in [3.63, 3.8) is 0 Å². The fraction of sp³-hybridized carbons (Fsp3) is 0.115. The molecule has 1 aromatic heterocycles. The van der Waals surface area contributed by atoms with Crippen molar-refractivity contribution in [1.29, 1.82) is 0 Å². The highest BCUT2D eigenvalue weighted by Crippen LogP contribution is 2.38. The summed E-state index contributed by atoms with van der Waals surface area (Å²) in [5.41, 5.74) is 3.83. The van der Waals surface area contributed by atoms with Crippen molar-refractivity contribution >= 4 is 46.1 Å². The third kappa shape index (κ3) is 4.53. The number of aromatic nitrogens is 1. The van der Waals surface area contributed by atoms with Gasteiger partial charge in [0.05, 0.1) is 11.4 Å². The van der Waals surface area contributed by atoms with Crippen molar-refractivity contribution in [2.24, 2.45) is 0 Å². The molecular weight excluding hydrogens is 470 g/mol. The first-order valence-electron chi connectivity index (χ1n) is 10.7. The number of fused-ring (bicyclic) bond motifs is 1. The van der Waals surface area contributed by atoms with E-state index in [-0.39, 0.29) is 18.4 Å². The Labute approximate surface area is 205 Å². The number of ether oxygens (including phenoxy) is 1. The molecule has 0 saturated heterocycles. The lowest BCUT2D eigenvalue weighted by Crippen LogP contribution is -2.47. The molecule has 0 fully saturated rings. The first-order valence-corrected chi connectivity index (χ1v) is 11.9. The van der Waals surface area contributed by atoms with Crippen molar-refractivity contribution in [2.75, 3.05) is 16.8 Å². The van der Waals surface area contributed by atoms with E-state index in [1.165, 1.54) is 4.90 Å². The highest BCUT2D eigenvalue weighted by atomic mass is 35.5. The Kier molecular flexibility index (Phi) is 6.04. The molecule has 0 radical (unpaired) electrons. The van der Waals surface area contributed by atoms with Gasteiger partial charge in [0.15, 0.2) is 6.10 Å². The van der Waals surface area contributed by atoms with Crippen LogP contribution in [0.2, 0.25) is 5.02 Å². The molecule has 1 aliphatic rings. The zero-order valence-corrected chi connectivity index (χ0v) is 19.8. The van der Waals surface area contributed by atoms with Crippen molar-refractivity contribution < 1.29 is 14.3 Å². The third-order valence-electron chi connectivity index (χ3n) is 5.42. The van der Waals surface area contributed by atoms with Crippen molar-refractivity contribution in [1.82, 2.24) is 4.98 Å². The number of carbonyl (C=O) groups is 2. The highest BCUT2D eigenvalue weighted by molar-refractivity contribution is 7.13. The second-order valence-electron chi connectivity index (χ2n) is 7.83. The van der Waals surface area contributed by atoms with Crippen LogP contribution in [0, 0.1) is 0 Å². The second kappa shape index (κ2) is 9.29. The predicted octanol–water partition coefficient (Wildman–Crippen LogP) is 5.88. The molecule has 1 atom stereocenters. The second-order valence-corrected chi connectivity index (χ2v) is 9.12. The Hall–Kier alpha value is -3.68. The van der Waals surface area contributed by atoms with Gasteiger partial charge in [-0.05, 0) is 49.4 Å². The summed E-state index contributed by atoms with van der Waals surface area (Å²) >= 11 is 7.47. The van der Waals surface area contributed by atoms with E-state index in [9.17, 15) is 9.59 Å². The van der Waals surface area contributed by atoms with Crippen LogP contribution < -0.4 is 15.0 Å². The molecule has 5 rings (SSSR count). The van der Waals surface area contributed by atoms with Crippen LogP contribution in [0.1, 0.15) is 6.92 Å². The quantitative estimate of drug-likeness (QED) is 0.380. The lowest BCUT2D eigenvalue weighted by molar-refractivity contribution is -0.127. The Morgan fingerprint density at radius 3 is 2.62 bits per heavy atom. The molecule has 2 amide bonds. The summed E-state index contributed by atoms with van der Waals surface area (Å²) < 4.78 is 5.80. The number of rotatable bonds is 5. The van der Waals surface area contributed by atoms with E-state index in [0.29, 0.717) is 22.1 Å². The molecule has 6 nitrogen and oxygen atoms in total. The molecule has 1 N–H and O–H groups in total. The van der Waals surface area contributed by atoms with E-state index in [0.717, 1.165) is 21.8 Å². The van der Waals surface area contributed by atoms with Crippen LogP contribution in [0.5, 0.6) is 5.75 Å². The van der Waals surface area contributed by atoms with Gasteiger partial charge in [-0.25, -0.2) is 4.98 Å². The number of carbonyl (C=O) groups excluding carboxylic acids is 2. The van der Waals surface area contributed by atoms with Gasteiger partial charge in [-0.2, -0.15) is 0 Å². The Balaban J connectivity index is 1.42. The number of hydrogen-bond acceptors (Lipinski definition) is 5. The van der Waals surface area contributed by atoms with Crippen LogP contribution in [0.3, 0.4) is 0 Å². The molecule has 8 heteroatoms. The Bertz CT molecular complexity index is 1360. The molecule has 3 aromatic carbocycles. The number of nitrogens with zero attached hydrogens (tertiary/aromatic N) is 2. The van der Waals surface area contributed by atoms with Gasteiger partial charge in [-0.1, -0.05) is 41.9 Å². The zero-order chi connectivity index (χ0) is 23.7. The predicted molar refractivity (Wildman–Crippen MR) is 136 cm³/mol. The van der Waals surface area contributed by atoms with Crippen LogP contribution in [0.4, 0.5) is 11.4 Å². The summed E-state index contributed by atoms with van der Waals surface area (Å²) in [5.74, 6) is -0.0473. The van der Waals surface area contributed by atoms with E-state index in [2.05, 4.69) is 5.32 Å². The standard InChI is InChI=1S/C26H20ClN3O3S/c1-16-26(32)30(14-24(31)28-20-10-8-19(27)9-11-20)22-13-18(7-12-23(22)33-16)21-15-34-25(29-21)17-5-3-2-4-6-17/h2-13,15-16H,14H2,1H3,(H,28,31). The smallest absolute Gasteiger partial charge is 0.268 e. The average molecular weight is 490 g/mol. The number of benzene rings is 3. The van der Waals surface area contributed by atoms with Crippen molar-refractivity contribution in [3.8, 4) is 27.6 Å². The lowest BCUT2D eigenvalue weighted by Gasteiger charge is -2.32. The van der Waals surface area contributed by atoms with Gasteiger partial charge in [-0.3, -0.25) is 14.5 Å². The Morgan fingerprint density at radius 1 is 1.09 bits per heavy atom. The first kappa shape index (κ1) is 22.1. The van der Waals surface area contributed by atoms with Gasteiger partial charge in [0, 0.05) is 27.2 Å². The molecule has 4 aromatic rings. The minimum atomic E-state index is -0.689. The normalized spacial score (nSPS) is 14.9. The summed E-state index contributed by atoms with van der Waals surface area (Å²) in [7, 11) is 0. The van der Waals surface area contributed by atoms with Crippen LogP contribution in [0.15, 0.2) is 78.2 Å². The van der Waals surface area contributed by atoms with Gasteiger partial charge in [0.25, 0.3) is 5.91 Å². The largest absolute Gasteiger partial charge is 0.479 e.